The van der Waals surface area contributed by atoms with E-state index in [0.717, 1.165) is 20.2 Å². The first-order valence-electron chi connectivity index (χ1n) is 7.35. The molecule has 23 heavy (non-hydrogen) atoms. The number of rotatable bonds is 1. The second-order valence-electron chi connectivity index (χ2n) is 5.61. The van der Waals surface area contributed by atoms with Crippen molar-refractivity contribution in [3.8, 4) is 0 Å². The van der Waals surface area contributed by atoms with Gasteiger partial charge in [-0.1, -0.05) is 36.4 Å². The maximum absolute atomic E-state index is 10.0. The predicted octanol–water partition coefficient (Wildman–Crippen LogP) is 4.10. The molecule has 0 atom stereocenters. The molecule has 0 saturated carbocycles. The van der Waals surface area contributed by atoms with Crippen LogP contribution in [0.1, 0.15) is 0 Å². The SMILES string of the molecule is OB(O)c1c2sc3ccccc3c2cc2c1sc1ccccc12. The van der Waals surface area contributed by atoms with Crippen LogP contribution in [0.4, 0.5) is 0 Å². The van der Waals surface area contributed by atoms with Crippen LogP contribution in [-0.4, -0.2) is 17.2 Å². The van der Waals surface area contributed by atoms with E-state index in [2.05, 4.69) is 30.3 Å². The third kappa shape index (κ3) is 1.82. The zero-order valence-corrected chi connectivity index (χ0v) is 13.6. The van der Waals surface area contributed by atoms with Crippen LogP contribution >= 0.6 is 22.7 Å². The maximum atomic E-state index is 10.0. The summed E-state index contributed by atoms with van der Waals surface area (Å²) >= 11 is 3.26. The monoisotopic (exact) mass is 334 g/mol. The Kier molecular flexibility index (Phi) is 2.81. The van der Waals surface area contributed by atoms with Crippen LogP contribution in [0.3, 0.4) is 0 Å². The average Bonchev–Trinajstić information content (AvgIpc) is 3.10. The van der Waals surface area contributed by atoms with Crippen molar-refractivity contribution in [1.82, 2.24) is 0 Å². The summed E-state index contributed by atoms with van der Waals surface area (Å²) in [6.07, 6.45) is 0. The minimum atomic E-state index is -1.47. The van der Waals surface area contributed by atoms with Crippen LogP contribution in [0.5, 0.6) is 0 Å². The Balaban J connectivity index is 2.10. The van der Waals surface area contributed by atoms with Crippen LogP contribution in [-0.2, 0) is 0 Å². The van der Waals surface area contributed by atoms with Crippen molar-refractivity contribution in [3.05, 3.63) is 54.6 Å². The van der Waals surface area contributed by atoms with Crippen molar-refractivity contribution in [2.24, 2.45) is 0 Å². The zero-order valence-electron chi connectivity index (χ0n) is 12.0. The fourth-order valence-corrected chi connectivity index (χ4v) is 5.87. The summed E-state index contributed by atoms with van der Waals surface area (Å²) in [6, 6.07) is 18.7. The predicted molar refractivity (Wildman–Crippen MR) is 102 cm³/mol. The van der Waals surface area contributed by atoms with Crippen molar-refractivity contribution < 1.29 is 10.0 Å². The number of hydrogen-bond acceptors (Lipinski definition) is 4. The molecule has 5 rings (SSSR count). The lowest BCUT2D eigenvalue weighted by atomic mass is 9.78. The van der Waals surface area contributed by atoms with Crippen molar-refractivity contribution in [1.29, 1.82) is 0 Å². The van der Waals surface area contributed by atoms with E-state index in [1.165, 1.54) is 20.2 Å². The number of thiophene rings is 2. The molecule has 0 unspecified atom stereocenters. The van der Waals surface area contributed by atoms with Crippen molar-refractivity contribution in [3.63, 3.8) is 0 Å². The molecule has 3 aromatic carbocycles. The van der Waals surface area contributed by atoms with Gasteiger partial charge in [0.05, 0.1) is 0 Å². The van der Waals surface area contributed by atoms with Crippen LogP contribution in [0.25, 0.3) is 40.3 Å². The quantitative estimate of drug-likeness (QED) is 0.453. The second-order valence-corrected chi connectivity index (χ2v) is 7.72. The average molecular weight is 334 g/mol. The van der Waals surface area contributed by atoms with E-state index in [9.17, 15) is 10.0 Å². The number of hydrogen-bond donors (Lipinski definition) is 2. The standard InChI is InChI=1S/C18H11BO2S2/c20-19(21)16-17-12(10-5-1-3-7-14(10)22-17)9-13-11-6-2-4-8-15(11)23-18(13)16/h1-9,20-21H. The van der Waals surface area contributed by atoms with Gasteiger partial charge in [0.25, 0.3) is 0 Å². The van der Waals surface area contributed by atoms with E-state index >= 15 is 0 Å². The van der Waals surface area contributed by atoms with Crippen molar-refractivity contribution >= 4 is 75.6 Å². The maximum Gasteiger partial charge on any atom is 0.491 e. The van der Waals surface area contributed by atoms with Crippen LogP contribution in [0, 0.1) is 0 Å². The lowest BCUT2D eigenvalue weighted by molar-refractivity contribution is 0.427. The van der Waals surface area contributed by atoms with Crippen molar-refractivity contribution in [2.75, 3.05) is 0 Å². The Morgan fingerprint density at radius 2 is 1.13 bits per heavy atom. The zero-order chi connectivity index (χ0) is 15.6. The van der Waals surface area contributed by atoms with E-state index < -0.39 is 7.12 Å². The fourth-order valence-electron chi connectivity index (χ4n) is 3.30. The Morgan fingerprint density at radius 1 is 0.652 bits per heavy atom. The molecular formula is C18H11BO2S2. The molecule has 5 aromatic rings. The minimum absolute atomic E-state index is 0.639. The highest BCUT2D eigenvalue weighted by Crippen LogP contribution is 2.40. The van der Waals surface area contributed by atoms with Gasteiger partial charge in [0, 0.05) is 45.8 Å². The number of benzene rings is 3. The smallest absolute Gasteiger partial charge is 0.423 e. The lowest BCUT2D eigenvalue weighted by Gasteiger charge is -2.04. The van der Waals surface area contributed by atoms with Gasteiger partial charge in [-0.2, -0.15) is 0 Å². The molecule has 0 aliphatic carbocycles. The molecule has 0 spiro atoms. The van der Waals surface area contributed by atoms with Crippen LogP contribution in [0.15, 0.2) is 54.6 Å². The fraction of sp³-hybridized carbons (Fsp3) is 0. The molecule has 0 saturated heterocycles. The molecule has 110 valence electrons. The van der Waals surface area contributed by atoms with Crippen molar-refractivity contribution in [2.45, 2.75) is 0 Å². The summed E-state index contributed by atoms with van der Waals surface area (Å²) in [5, 5.41) is 24.6. The largest absolute Gasteiger partial charge is 0.491 e. The Morgan fingerprint density at radius 3 is 1.61 bits per heavy atom. The van der Waals surface area contributed by atoms with E-state index in [0.29, 0.717) is 5.46 Å². The summed E-state index contributed by atoms with van der Waals surface area (Å²) in [5.41, 5.74) is 0.639. The molecule has 0 bridgehead atoms. The molecule has 5 heteroatoms. The van der Waals surface area contributed by atoms with Gasteiger partial charge >= 0.3 is 7.12 Å². The molecule has 0 radical (unpaired) electrons. The molecule has 0 aliphatic rings. The van der Waals surface area contributed by atoms with Gasteiger partial charge in [-0.3, -0.25) is 0 Å². The number of fused-ring (bicyclic) bond motifs is 6. The summed E-state index contributed by atoms with van der Waals surface area (Å²) in [7, 11) is -1.47. The van der Waals surface area contributed by atoms with Gasteiger partial charge in [-0.25, -0.2) is 0 Å². The van der Waals surface area contributed by atoms with E-state index in [1.807, 2.05) is 24.3 Å². The summed E-state index contributed by atoms with van der Waals surface area (Å²) in [6.45, 7) is 0. The first-order valence-corrected chi connectivity index (χ1v) is 8.99. The summed E-state index contributed by atoms with van der Waals surface area (Å²) in [4.78, 5) is 0. The molecule has 2 N–H and O–H groups in total. The molecule has 2 nitrogen and oxygen atoms in total. The van der Waals surface area contributed by atoms with Gasteiger partial charge < -0.3 is 10.0 Å². The topological polar surface area (TPSA) is 40.5 Å². The third-order valence-corrected chi connectivity index (χ3v) is 6.74. The van der Waals surface area contributed by atoms with E-state index in [-0.39, 0.29) is 0 Å². The molecule has 2 aromatic heterocycles. The first kappa shape index (κ1) is 13.5. The third-order valence-electron chi connectivity index (χ3n) is 4.30. The van der Waals surface area contributed by atoms with Gasteiger partial charge in [0.15, 0.2) is 0 Å². The Labute approximate surface area is 140 Å². The van der Waals surface area contributed by atoms with Gasteiger partial charge in [-0.15, -0.1) is 22.7 Å². The van der Waals surface area contributed by atoms with E-state index in [1.54, 1.807) is 22.7 Å². The van der Waals surface area contributed by atoms with Gasteiger partial charge in [-0.05, 0) is 18.2 Å². The highest BCUT2D eigenvalue weighted by Gasteiger charge is 2.23. The highest BCUT2D eigenvalue weighted by molar-refractivity contribution is 7.30. The second kappa shape index (κ2) is 4.79. The van der Waals surface area contributed by atoms with Gasteiger partial charge in [0.1, 0.15) is 0 Å². The Hall–Kier alpha value is -1.92. The van der Waals surface area contributed by atoms with Crippen LogP contribution < -0.4 is 5.46 Å². The summed E-state index contributed by atoms with van der Waals surface area (Å²) in [5.74, 6) is 0. The molecular weight excluding hydrogens is 323 g/mol. The van der Waals surface area contributed by atoms with E-state index in [4.69, 9.17) is 0 Å². The minimum Gasteiger partial charge on any atom is -0.423 e. The van der Waals surface area contributed by atoms with Gasteiger partial charge in [0.2, 0.25) is 0 Å². The molecule has 2 heterocycles. The molecule has 0 fully saturated rings. The summed E-state index contributed by atoms with van der Waals surface area (Å²) < 4.78 is 4.29. The molecule has 0 amide bonds. The Bertz CT molecular complexity index is 1120. The lowest BCUT2D eigenvalue weighted by Crippen LogP contribution is -2.30. The molecule has 0 aliphatic heterocycles. The normalized spacial score (nSPS) is 11.9. The highest BCUT2D eigenvalue weighted by atomic mass is 32.1. The van der Waals surface area contributed by atoms with Crippen LogP contribution in [0.2, 0.25) is 0 Å². The first-order chi connectivity index (χ1) is 11.2.